The molecule has 0 bridgehead atoms. The van der Waals surface area contributed by atoms with E-state index in [0.29, 0.717) is 6.54 Å². The van der Waals surface area contributed by atoms with Gasteiger partial charge < -0.3 is 5.32 Å². The maximum atomic E-state index is 5.91. The standard InChI is InChI=1S/C16H14ClN/c17-16-10-4-8-15(12-16)13-18-11-5-9-14-6-2-1-3-7-14/h1-4,6-8,10,12,18H,11,13H2. The van der Waals surface area contributed by atoms with E-state index in [4.69, 9.17) is 11.6 Å². The smallest absolute Gasteiger partial charge is 0.0582 e. The van der Waals surface area contributed by atoms with Gasteiger partial charge in [0.2, 0.25) is 0 Å². The van der Waals surface area contributed by atoms with Crippen molar-refractivity contribution in [1.82, 2.24) is 5.32 Å². The number of benzene rings is 2. The molecular weight excluding hydrogens is 242 g/mol. The third-order valence-corrected chi connectivity index (χ3v) is 2.67. The van der Waals surface area contributed by atoms with E-state index < -0.39 is 0 Å². The van der Waals surface area contributed by atoms with Crippen molar-refractivity contribution in [1.29, 1.82) is 0 Å². The molecule has 90 valence electrons. The summed E-state index contributed by atoms with van der Waals surface area (Å²) in [6.07, 6.45) is 0. The van der Waals surface area contributed by atoms with E-state index in [2.05, 4.69) is 17.2 Å². The van der Waals surface area contributed by atoms with Crippen molar-refractivity contribution in [3.8, 4) is 11.8 Å². The summed E-state index contributed by atoms with van der Waals surface area (Å²) in [6.45, 7) is 1.45. The zero-order valence-electron chi connectivity index (χ0n) is 9.99. The lowest BCUT2D eigenvalue weighted by Gasteiger charge is -2.01. The first-order chi connectivity index (χ1) is 8.84. The number of hydrogen-bond donors (Lipinski definition) is 1. The molecule has 0 heterocycles. The molecule has 0 saturated heterocycles. The first-order valence-electron chi connectivity index (χ1n) is 5.84. The summed E-state index contributed by atoms with van der Waals surface area (Å²) in [6, 6.07) is 17.8. The van der Waals surface area contributed by atoms with Crippen molar-refractivity contribution in [3.63, 3.8) is 0 Å². The molecule has 0 spiro atoms. The van der Waals surface area contributed by atoms with Gasteiger partial charge in [-0.15, -0.1) is 0 Å². The van der Waals surface area contributed by atoms with Crippen LogP contribution in [0.3, 0.4) is 0 Å². The zero-order chi connectivity index (χ0) is 12.6. The van der Waals surface area contributed by atoms with Gasteiger partial charge in [0.15, 0.2) is 0 Å². The van der Waals surface area contributed by atoms with Gasteiger partial charge in [0.1, 0.15) is 0 Å². The summed E-state index contributed by atoms with van der Waals surface area (Å²) < 4.78 is 0. The molecule has 0 fully saturated rings. The Morgan fingerprint density at radius 3 is 2.61 bits per heavy atom. The molecule has 2 aromatic carbocycles. The predicted octanol–water partition coefficient (Wildman–Crippen LogP) is 3.48. The third kappa shape index (κ3) is 4.25. The van der Waals surface area contributed by atoms with Crippen LogP contribution in [0.25, 0.3) is 0 Å². The van der Waals surface area contributed by atoms with Gasteiger partial charge in [-0.2, -0.15) is 0 Å². The van der Waals surface area contributed by atoms with Crippen LogP contribution in [0.15, 0.2) is 54.6 Å². The molecule has 0 radical (unpaired) electrons. The average molecular weight is 256 g/mol. The fourth-order valence-corrected chi connectivity index (χ4v) is 1.80. The van der Waals surface area contributed by atoms with Gasteiger partial charge in [0, 0.05) is 17.1 Å². The van der Waals surface area contributed by atoms with Crippen LogP contribution in [-0.2, 0) is 6.54 Å². The highest BCUT2D eigenvalue weighted by Gasteiger charge is 1.92. The van der Waals surface area contributed by atoms with Crippen LogP contribution in [0, 0.1) is 11.8 Å². The lowest BCUT2D eigenvalue weighted by molar-refractivity contribution is 0.770. The van der Waals surface area contributed by atoms with Gasteiger partial charge in [0.05, 0.1) is 6.54 Å². The maximum Gasteiger partial charge on any atom is 0.0582 e. The molecule has 0 aliphatic rings. The second kappa shape index (κ2) is 6.86. The monoisotopic (exact) mass is 255 g/mol. The number of hydrogen-bond acceptors (Lipinski definition) is 1. The molecule has 0 unspecified atom stereocenters. The summed E-state index contributed by atoms with van der Waals surface area (Å²) in [4.78, 5) is 0. The van der Waals surface area contributed by atoms with Crippen LogP contribution in [0.1, 0.15) is 11.1 Å². The van der Waals surface area contributed by atoms with Crippen molar-refractivity contribution in [2.45, 2.75) is 6.54 Å². The van der Waals surface area contributed by atoms with Crippen LogP contribution in [0.5, 0.6) is 0 Å². The van der Waals surface area contributed by atoms with Gasteiger partial charge in [-0.3, -0.25) is 0 Å². The Balaban J connectivity index is 1.78. The fraction of sp³-hybridized carbons (Fsp3) is 0.125. The highest BCUT2D eigenvalue weighted by molar-refractivity contribution is 6.30. The average Bonchev–Trinajstić information content (AvgIpc) is 2.40. The summed E-state index contributed by atoms with van der Waals surface area (Å²) in [7, 11) is 0. The summed E-state index contributed by atoms with van der Waals surface area (Å²) >= 11 is 5.91. The van der Waals surface area contributed by atoms with E-state index in [0.717, 1.165) is 17.1 Å². The molecule has 2 rings (SSSR count). The number of nitrogens with one attached hydrogen (secondary N) is 1. The molecule has 2 heteroatoms. The van der Waals surface area contributed by atoms with Gasteiger partial charge in [-0.05, 0) is 29.8 Å². The van der Waals surface area contributed by atoms with Crippen molar-refractivity contribution >= 4 is 11.6 Å². The van der Waals surface area contributed by atoms with Crippen molar-refractivity contribution < 1.29 is 0 Å². The van der Waals surface area contributed by atoms with Crippen molar-refractivity contribution in [2.24, 2.45) is 0 Å². The van der Waals surface area contributed by atoms with E-state index in [1.54, 1.807) is 0 Å². The highest BCUT2D eigenvalue weighted by atomic mass is 35.5. The predicted molar refractivity (Wildman–Crippen MR) is 76.5 cm³/mol. The number of rotatable bonds is 3. The summed E-state index contributed by atoms with van der Waals surface area (Å²) in [5.74, 6) is 6.20. The molecule has 0 saturated carbocycles. The van der Waals surface area contributed by atoms with Crippen LogP contribution < -0.4 is 5.32 Å². The summed E-state index contributed by atoms with van der Waals surface area (Å²) in [5.41, 5.74) is 2.21. The number of halogens is 1. The Labute approximate surface area is 113 Å². The van der Waals surface area contributed by atoms with Crippen LogP contribution in [0.2, 0.25) is 5.02 Å². The molecule has 0 aliphatic carbocycles. The molecule has 1 nitrogen and oxygen atoms in total. The normalized spacial score (nSPS) is 9.61. The highest BCUT2D eigenvalue weighted by Crippen LogP contribution is 2.09. The molecule has 1 N–H and O–H groups in total. The van der Waals surface area contributed by atoms with E-state index in [1.165, 1.54) is 5.56 Å². The lowest BCUT2D eigenvalue weighted by Crippen LogP contribution is -2.13. The summed E-state index contributed by atoms with van der Waals surface area (Å²) in [5, 5.41) is 4.04. The first kappa shape index (κ1) is 12.7. The van der Waals surface area contributed by atoms with Gasteiger partial charge in [-0.1, -0.05) is 53.8 Å². The quantitative estimate of drug-likeness (QED) is 0.654. The van der Waals surface area contributed by atoms with Gasteiger partial charge in [-0.25, -0.2) is 0 Å². The Hall–Kier alpha value is -1.75. The van der Waals surface area contributed by atoms with Crippen LogP contribution in [-0.4, -0.2) is 6.54 Å². The Bertz CT molecular complexity index is 552. The topological polar surface area (TPSA) is 12.0 Å². The second-order valence-electron chi connectivity index (χ2n) is 3.90. The molecule has 18 heavy (non-hydrogen) atoms. The van der Waals surface area contributed by atoms with E-state index >= 15 is 0 Å². The van der Waals surface area contributed by atoms with Crippen molar-refractivity contribution in [3.05, 3.63) is 70.7 Å². The second-order valence-corrected chi connectivity index (χ2v) is 4.34. The SMILES string of the molecule is Clc1cccc(CNCC#Cc2ccccc2)c1. The van der Waals surface area contributed by atoms with Gasteiger partial charge in [0.25, 0.3) is 0 Å². The Kier molecular flexibility index (Phi) is 4.84. The molecule has 0 aliphatic heterocycles. The van der Waals surface area contributed by atoms with Gasteiger partial charge >= 0.3 is 0 Å². The molecule has 0 amide bonds. The third-order valence-electron chi connectivity index (χ3n) is 2.44. The Morgan fingerprint density at radius 2 is 1.83 bits per heavy atom. The van der Waals surface area contributed by atoms with Crippen molar-refractivity contribution in [2.75, 3.05) is 6.54 Å². The van der Waals surface area contributed by atoms with E-state index in [9.17, 15) is 0 Å². The van der Waals surface area contributed by atoms with Crippen LogP contribution in [0.4, 0.5) is 0 Å². The van der Waals surface area contributed by atoms with E-state index in [1.807, 2.05) is 54.6 Å². The molecule has 0 aromatic heterocycles. The minimum absolute atomic E-state index is 0.668. The minimum atomic E-state index is 0.668. The largest absolute Gasteiger partial charge is 0.302 e. The molecule has 2 aromatic rings. The molecular formula is C16H14ClN. The zero-order valence-corrected chi connectivity index (χ0v) is 10.7. The fourth-order valence-electron chi connectivity index (χ4n) is 1.58. The Morgan fingerprint density at radius 1 is 1.00 bits per heavy atom. The first-order valence-corrected chi connectivity index (χ1v) is 6.21. The van der Waals surface area contributed by atoms with E-state index in [-0.39, 0.29) is 0 Å². The minimum Gasteiger partial charge on any atom is -0.302 e. The maximum absolute atomic E-state index is 5.91. The lowest BCUT2D eigenvalue weighted by atomic mass is 10.2. The van der Waals surface area contributed by atoms with Crippen LogP contribution >= 0.6 is 11.6 Å². The molecule has 0 atom stereocenters.